The first kappa shape index (κ1) is 13.7. The number of carboxylic acids is 1. The second kappa shape index (κ2) is 8.01. The number of carboxylic acid groups (broad SMARTS) is 1. The van der Waals surface area contributed by atoms with Gasteiger partial charge in [0, 0.05) is 6.42 Å². The molecule has 0 heterocycles. The molecule has 2 aromatic rings. The van der Waals surface area contributed by atoms with Crippen molar-refractivity contribution in [2.45, 2.75) is 6.42 Å². The van der Waals surface area contributed by atoms with Gasteiger partial charge in [0.25, 0.3) is 5.97 Å². The summed E-state index contributed by atoms with van der Waals surface area (Å²) in [4.78, 5) is 10.1. The molecule has 0 saturated carbocycles. The van der Waals surface area contributed by atoms with Crippen LogP contribution in [0.15, 0.2) is 54.6 Å². The Morgan fingerprint density at radius 3 is 2.00 bits per heavy atom. The van der Waals surface area contributed by atoms with E-state index in [4.69, 9.17) is 5.11 Å². The van der Waals surface area contributed by atoms with Gasteiger partial charge < -0.3 is 5.11 Å². The second-order valence-corrected chi connectivity index (χ2v) is 2.83. The van der Waals surface area contributed by atoms with E-state index in [1.807, 2.05) is 42.5 Å². The summed E-state index contributed by atoms with van der Waals surface area (Å²) < 4.78 is 0. The molecule has 15 heavy (non-hydrogen) atoms. The van der Waals surface area contributed by atoms with Gasteiger partial charge in [-0.3, -0.25) is 4.79 Å². The van der Waals surface area contributed by atoms with Crippen molar-refractivity contribution in [1.29, 1.82) is 0 Å². The van der Waals surface area contributed by atoms with Crippen LogP contribution in [0.25, 0.3) is 0 Å². The molecule has 0 aliphatic rings. The number of hydrogen-bond acceptors (Lipinski definition) is 1. The number of hydrogen-bond donors (Lipinski definition) is 1. The Morgan fingerprint density at radius 2 is 1.67 bits per heavy atom. The fourth-order valence-electron chi connectivity index (χ4n) is 1.03. The Labute approximate surface area is 99.2 Å². The third kappa shape index (κ3) is 6.70. The van der Waals surface area contributed by atoms with E-state index in [0.717, 1.165) is 5.56 Å². The van der Waals surface area contributed by atoms with E-state index in [2.05, 4.69) is 0 Å². The monoisotopic (exact) mass is 246 g/mol. The molecule has 0 saturated heterocycles. The molecule has 0 unspecified atom stereocenters. The third-order valence-electron chi connectivity index (χ3n) is 1.64. The standard InChI is InChI=1S/C7H7O2.C5H5.Ni/c8-7(9)5-6-3-1-2-4-6;1-2-4-5-3-1;/h1-4H,5H2,(H,8,9);1-5H;/q2*-1;+2. The fourth-order valence-corrected chi connectivity index (χ4v) is 1.03. The summed E-state index contributed by atoms with van der Waals surface area (Å²) in [6, 6.07) is 17.3. The Balaban J connectivity index is 0.000000280. The van der Waals surface area contributed by atoms with Crippen LogP contribution in [0.1, 0.15) is 5.56 Å². The molecule has 82 valence electrons. The number of carbonyl (C=O) groups is 1. The van der Waals surface area contributed by atoms with E-state index in [1.165, 1.54) is 0 Å². The summed E-state index contributed by atoms with van der Waals surface area (Å²) in [5, 5.41) is 8.29. The fraction of sp³-hybridized carbons (Fsp3) is 0.0833. The van der Waals surface area contributed by atoms with E-state index < -0.39 is 5.97 Å². The normalized spacial score (nSPS) is 8.27. The maximum Gasteiger partial charge on any atom is 2.00 e. The van der Waals surface area contributed by atoms with Crippen molar-refractivity contribution in [3.8, 4) is 0 Å². The smallest absolute Gasteiger partial charge is 0.482 e. The van der Waals surface area contributed by atoms with E-state index in [1.54, 1.807) is 12.1 Å². The van der Waals surface area contributed by atoms with E-state index in [9.17, 15) is 4.79 Å². The number of aliphatic carboxylic acids is 1. The Morgan fingerprint density at radius 1 is 1.13 bits per heavy atom. The summed E-state index contributed by atoms with van der Waals surface area (Å²) in [5.41, 5.74) is 0.863. The predicted octanol–water partition coefficient (Wildman–Crippen LogP) is 2.44. The van der Waals surface area contributed by atoms with Crippen LogP contribution >= 0.6 is 0 Å². The van der Waals surface area contributed by atoms with Crippen LogP contribution in [0.4, 0.5) is 0 Å². The van der Waals surface area contributed by atoms with Crippen LogP contribution in [-0.4, -0.2) is 11.1 Å². The SMILES string of the molecule is O=C(O)C[c-]1cccc1.[Ni+2].c1cc[cH-]c1. The molecule has 2 nitrogen and oxygen atoms in total. The summed E-state index contributed by atoms with van der Waals surface area (Å²) in [7, 11) is 0. The van der Waals surface area contributed by atoms with E-state index in [-0.39, 0.29) is 22.9 Å². The van der Waals surface area contributed by atoms with Crippen molar-refractivity contribution in [3.63, 3.8) is 0 Å². The molecular formula is C12H12NiO2. The zero-order valence-corrected chi connectivity index (χ0v) is 9.06. The molecule has 0 radical (unpaired) electrons. The van der Waals surface area contributed by atoms with Crippen LogP contribution < -0.4 is 0 Å². The molecule has 0 aliphatic carbocycles. The minimum Gasteiger partial charge on any atom is -0.482 e. The molecule has 1 N–H and O–H groups in total. The van der Waals surface area contributed by atoms with Crippen molar-refractivity contribution >= 4 is 5.97 Å². The molecule has 0 aromatic heterocycles. The Bertz CT molecular complexity index is 318. The van der Waals surface area contributed by atoms with Gasteiger partial charge in [-0.25, -0.2) is 24.3 Å². The van der Waals surface area contributed by atoms with Crippen molar-refractivity contribution < 1.29 is 26.4 Å². The second-order valence-electron chi connectivity index (χ2n) is 2.83. The molecule has 0 aliphatic heterocycles. The Hall–Kier alpha value is -1.34. The predicted molar refractivity (Wildman–Crippen MR) is 55.4 cm³/mol. The molecule has 2 rings (SSSR count). The van der Waals surface area contributed by atoms with Crippen molar-refractivity contribution in [1.82, 2.24) is 0 Å². The van der Waals surface area contributed by atoms with Crippen LogP contribution in [0.5, 0.6) is 0 Å². The van der Waals surface area contributed by atoms with Gasteiger partial charge >= 0.3 is 16.5 Å². The van der Waals surface area contributed by atoms with E-state index >= 15 is 0 Å². The average molecular weight is 247 g/mol. The van der Waals surface area contributed by atoms with Gasteiger partial charge in [0.2, 0.25) is 0 Å². The summed E-state index contributed by atoms with van der Waals surface area (Å²) >= 11 is 0. The van der Waals surface area contributed by atoms with Gasteiger partial charge in [0.15, 0.2) is 0 Å². The van der Waals surface area contributed by atoms with Crippen molar-refractivity contribution in [2.75, 3.05) is 0 Å². The molecule has 0 fully saturated rings. The maximum atomic E-state index is 10.1. The van der Waals surface area contributed by atoms with Gasteiger partial charge in [0.1, 0.15) is 0 Å². The molecule has 0 spiro atoms. The Kier molecular flexibility index (Phi) is 7.30. The van der Waals surface area contributed by atoms with Crippen molar-refractivity contribution in [2.24, 2.45) is 0 Å². The van der Waals surface area contributed by atoms with Crippen LogP contribution in [0.3, 0.4) is 0 Å². The molecule has 0 amide bonds. The quantitative estimate of drug-likeness (QED) is 0.653. The summed E-state index contributed by atoms with van der Waals surface area (Å²) in [6.07, 6.45) is 0.132. The largest absolute Gasteiger partial charge is 2.00 e. The molecule has 0 atom stereocenters. The van der Waals surface area contributed by atoms with Crippen LogP contribution in [0.2, 0.25) is 0 Å². The van der Waals surface area contributed by atoms with Crippen LogP contribution in [0, 0.1) is 0 Å². The van der Waals surface area contributed by atoms with Crippen molar-refractivity contribution in [3.05, 3.63) is 60.2 Å². The summed E-state index contributed by atoms with van der Waals surface area (Å²) in [6.45, 7) is 0. The molecule has 3 heteroatoms. The molecule has 2 aromatic carbocycles. The van der Waals surface area contributed by atoms with Gasteiger partial charge in [-0.2, -0.15) is 30.3 Å². The topological polar surface area (TPSA) is 37.3 Å². The minimum absolute atomic E-state index is 0. The minimum atomic E-state index is -0.777. The van der Waals surface area contributed by atoms with Gasteiger partial charge in [-0.1, -0.05) is 0 Å². The molecular weight excluding hydrogens is 235 g/mol. The first-order valence-electron chi connectivity index (χ1n) is 4.38. The molecule has 0 bridgehead atoms. The average Bonchev–Trinajstić information content (AvgIpc) is 2.75. The first-order chi connectivity index (χ1) is 6.79. The zero-order valence-electron chi connectivity index (χ0n) is 8.07. The third-order valence-corrected chi connectivity index (χ3v) is 1.64. The summed E-state index contributed by atoms with van der Waals surface area (Å²) in [5.74, 6) is -0.777. The number of rotatable bonds is 2. The first-order valence-corrected chi connectivity index (χ1v) is 4.38. The van der Waals surface area contributed by atoms with Crippen LogP contribution in [-0.2, 0) is 27.7 Å². The van der Waals surface area contributed by atoms with Gasteiger partial charge in [-0.05, 0) is 0 Å². The van der Waals surface area contributed by atoms with Gasteiger partial charge in [0.05, 0.1) is 0 Å². The maximum absolute atomic E-state index is 10.1. The van der Waals surface area contributed by atoms with Gasteiger partial charge in [-0.15, -0.1) is 5.56 Å². The van der Waals surface area contributed by atoms with E-state index in [0.29, 0.717) is 0 Å². The zero-order chi connectivity index (χ0) is 10.2.